The minimum absolute atomic E-state index is 0.196. The fourth-order valence-electron chi connectivity index (χ4n) is 3.40. The third-order valence-electron chi connectivity index (χ3n) is 5.06. The molecule has 2 rings (SSSR count). The quantitative estimate of drug-likeness (QED) is 0.739. The van der Waals surface area contributed by atoms with Gasteiger partial charge in [0.1, 0.15) is 0 Å². The summed E-state index contributed by atoms with van der Waals surface area (Å²) in [5.74, 6) is 0.207. The molecule has 21 heavy (non-hydrogen) atoms. The topological polar surface area (TPSA) is 43.9 Å². The van der Waals surface area contributed by atoms with Crippen LogP contribution in [0.25, 0.3) is 0 Å². The summed E-state index contributed by atoms with van der Waals surface area (Å²) in [6.45, 7) is 8.61. The monoisotopic (exact) mass is 317 g/mol. The molecule has 0 N–H and O–H groups in total. The molecule has 2 saturated heterocycles. The molecule has 5 nitrogen and oxygen atoms in total. The average Bonchev–Trinajstić information content (AvgIpc) is 2.53. The minimum Gasteiger partial charge on any atom is -0.302 e. The fraction of sp³-hybridized carbons (Fsp3) is 1.00. The molecule has 0 bridgehead atoms. The van der Waals surface area contributed by atoms with Gasteiger partial charge in [0.2, 0.25) is 10.0 Å². The Balaban J connectivity index is 1.70. The van der Waals surface area contributed by atoms with Gasteiger partial charge in [0, 0.05) is 26.2 Å². The summed E-state index contributed by atoms with van der Waals surface area (Å²) in [4.78, 5) is 5.07. The molecule has 0 aromatic heterocycles. The molecule has 0 saturated carbocycles. The predicted octanol–water partition coefficient (Wildman–Crippen LogP) is 1.22. The minimum atomic E-state index is -3.04. The van der Waals surface area contributed by atoms with Crippen molar-refractivity contribution in [3.8, 4) is 0 Å². The van der Waals surface area contributed by atoms with Crippen LogP contribution in [0.15, 0.2) is 0 Å². The molecule has 0 atom stereocenters. The predicted molar refractivity (Wildman–Crippen MR) is 87.0 cm³/mol. The molecule has 0 amide bonds. The first-order valence-corrected chi connectivity index (χ1v) is 10.0. The number of nitrogens with zero attached hydrogens (tertiary/aromatic N) is 3. The van der Waals surface area contributed by atoms with Crippen molar-refractivity contribution in [3.63, 3.8) is 0 Å². The Hall–Kier alpha value is -0.170. The van der Waals surface area contributed by atoms with E-state index in [0.29, 0.717) is 0 Å². The van der Waals surface area contributed by atoms with Gasteiger partial charge in [0.05, 0.1) is 5.75 Å². The summed E-state index contributed by atoms with van der Waals surface area (Å²) in [5, 5.41) is 0. The van der Waals surface area contributed by atoms with E-state index in [4.69, 9.17) is 0 Å². The largest absolute Gasteiger partial charge is 0.302 e. The third kappa shape index (κ3) is 4.91. The zero-order chi connectivity index (χ0) is 15.3. The lowest BCUT2D eigenvalue weighted by Crippen LogP contribution is -2.47. The van der Waals surface area contributed by atoms with Gasteiger partial charge < -0.3 is 9.80 Å². The average molecular weight is 317 g/mol. The second kappa shape index (κ2) is 7.90. The molecule has 0 spiro atoms. The van der Waals surface area contributed by atoms with Crippen LogP contribution in [-0.4, -0.2) is 80.6 Å². The van der Waals surface area contributed by atoms with E-state index in [1.54, 1.807) is 18.3 Å². The second-order valence-electron chi connectivity index (χ2n) is 6.39. The summed E-state index contributed by atoms with van der Waals surface area (Å²) in [7, 11) is -1.30. The summed E-state index contributed by atoms with van der Waals surface area (Å²) in [5.41, 5.74) is 0. The van der Waals surface area contributed by atoms with Crippen molar-refractivity contribution >= 4 is 10.0 Å². The Morgan fingerprint density at radius 2 is 1.48 bits per heavy atom. The van der Waals surface area contributed by atoms with Crippen molar-refractivity contribution < 1.29 is 8.42 Å². The van der Waals surface area contributed by atoms with Crippen LogP contribution in [0, 0.1) is 0 Å². The SMILES string of the molecule is CCS(=O)(=O)N(C)C1CCN(CCN2CCCCC2)CC1. The molecule has 2 aliphatic heterocycles. The highest BCUT2D eigenvalue weighted by Crippen LogP contribution is 2.18. The number of hydrogen-bond acceptors (Lipinski definition) is 4. The number of piperidine rings is 2. The highest BCUT2D eigenvalue weighted by atomic mass is 32.2. The van der Waals surface area contributed by atoms with Gasteiger partial charge in [-0.05, 0) is 58.8 Å². The van der Waals surface area contributed by atoms with Crippen molar-refractivity contribution in [1.82, 2.24) is 14.1 Å². The maximum Gasteiger partial charge on any atom is 0.213 e. The Bertz CT molecular complexity index is 399. The maximum atomic E-state index is 11.9. The smallest absolute Gasteiger partial charge is 0.213 e. The van der Waals surface area contributed by atoms with E-state index in [0.717, 1.165) is 32.5 Å². The first kappa shape index (κ1) is 17.2. The molecule has 0 aliphatic carbocycles. The fourth-order valence-corrected chi connectivity index (χ4v) is 4.48. The van der Waals surface area contributed by atoms with Gasteiger partial charge in [-0.3, -0.25) is 0 Å². The number of likely N-dealkylation sites (tertiary alicyclic amines) is 2. The van der Waals surface area contributed by atoms with Gasteiger partial charge in [0.15, 0.2) is 0 Å². The lowest BCUT2D eigenvalue weighted by atomic mass is 10.1. The second-order valence-corrected chi connectivity index (χ2v) is 8.71. The van der Waals surface area contributed by atoms with E-state index < -0.39 is 10.0 Å². The molecule has 0 radical (unpaired) electrons. The van der Waals surface area contributed by atoms with Gasteiger partial charge in [0.25, 0.3) is 0 Å². The molecule has 0 aromatic rings. The van der Waals surface area contributed by atoms with Crippen molar-refractivity contribution in [3.05, 3.63) is 0 Å². The zero-order valence-electron chi connectivity index (χ0n) is 13.6. The summed E-state index contributed by atoms with van der Waals surface area (Å²) in [6.07, 6.45) is 6.02. The molecule has 2 heterocycles. The van der Waals surface area contributed by atoms with E-state index in [2.05, 4.69) is 9.80 Å². The van der Waals surface area contributed by atoms with Gasteiger partial charge in [-0.2, -0.15) is 0 Å². The molecule has 6 heteroatoms. The van der Waals surface area contributed by atoms with Crippen LogP contribution in [0.1, 0.15) is 39.0 Å². The molecule has 0 unspecified atom stereocenters. The lowest BCUT2D eigenvalue weighted by molar-refractivity contribution is 0.139. The van der Waals surface area contributed by atoms with Gasteiger partial charge in [-0.25, -0.2) is 12.7 Å². The zero-order valence-corrected chi connectivity index (χ0v) is 14.4. The highest BCUT2D eigenvalue weighted by molar-refractivity contribution is 7.89. The Morgan fingerprint density at radius 1 is 0.952 bits per heavy atom. The van der Waals surface area contributed by atoms with Crippen LogP contribution < -0.4 is 0 Å². The molecule has 2 fully saturated rings. The van der Waals surface area contributed by atoms with E-state index in [9.17, 15) is 8.42 Å². The maximum absolute atomic E-state index is 11.9. The third-order valence-corrected chi connectivity index (χ3v) is 6.96. The van der Waals surface area contributed by atoms with Crippen molar-refractivity contribution in [2.45, 2.75) is 45.1 Å². The number of rotatable bonds is 6. The van der Waals surface area contributed by atoms with Gasteiger partial charge in [-0.1, -0.05) is 6.42 Å². The Labute approximate surface area is 130 Å². The van der Waals surface area contributed by atoms with Crippen molar-refractivity contribution in [2.75, 3.05) is 52.1 Å². The van der Waals surface area contributed by atoms with Crippen LogP contribution in [0.2, 0.25) is 0 Å². The van der Waals surface area contributed by atoms with Gasteiger partial charge >= 0.3 is 0 Å². The first-order chi connectivity index (χ1) is 10.0. The van der Waals surface area contributed by atoms with Gasteiger partial charge in [-0.15, -0.1) is 0 Å². The van der Waals surface area contributed by atoms with E-state index in [1.807, 2.05) is 0 Å². The summed E-state index contributed by atoms with van der Waals surface area (Å²) < 4.78 is 25.4. The number of sulfonamides is 1. The van der Waals surface area contributed by atoms with E-state index >= 15 is 0 Å². The molecular weight excluding hydrogens is 286 g/mol. The molecular formula is C15H31N3O2S. The molecule has 124 valence electrons. The van der Waals surface area contributed by atoms with Crippen LogP contribution in [0.5, 0.6) is 0 Å². The van der Waals surface area contributed by atoms with E-state index in [-0.39, 0.29) is 11.8 Å². The standard InChI is InChI=1S/C15H31N3O2S/c1-3-21(19,20)16(2)15-7-11-18(12-8-15)14-13-17-9-5-4-6-10-17/h15H,3-14H2,1-2H3. The van der Waals surface area contributed by atoms with Crippen molar-refractivity contribution in [2.24, 2.45) is 0 Å². The normalized spacial score (nSPS) is 23.8. The number of hydrogen-bond donors (Lipinski definition) is 0. The highest BCUT2D eigenvalue weighted by Gasteiger charge is 2.28. The van der Waals surface area contributed by atoms with Crippen LogP contribution >= 0.6 is 0 Å². The summed E-state index contributed by atoms with van der Waals surface area (Å²) >= 11 is 0. The first-order valence-electron chi connectivity index (χ1n) is 8.43. The van der Waals surface area contributed by atoms with Crippen LogP contribution in [0.3, 0.4) is 0 Å². The summed E-state index contributed by atoms with van der Waals surface area (Å²) in [6, 6.07) is 0.196. The van der Waals surface area contributed by atoms with Crippen LogP contribution in [-0.2, 0) is 10.0 Å². The van der Waals surface area contributed by atoms with E-state index in [1.165, 1.54) is 38.9 Å². The molecule has 0 aromatic carbocycles. The van der Waals surface area contributed by atoms with Crippen molar-refractivity contribution in [1.29, 1.82) is 0 Å². The Morgan fingerprint density at radius 3 is 2.00 bits per heavy atom. The van der Waals surface area contributed by atoms with Crippen LogP contribution in [0.4, 0.5) is 0 Å². The molecule has 2 aliphatic rings. The Kier molecular flexibility index (Phi) is 6.47. The lowest BCUT2D eigenvalue weighted by Gasteiger charge is -2.37.